The van der Waals surface area contributed by atoms with Gasteiger partial charge in [0.2, 0.25) is 5.91 Å². The molecule has 0 spiro atoms. The van der Waals surface area contributed by atoms with Gasteiger partial charge in [-0.3, -0.25) is 4.79 Å². The second kappa shape index (κ2) is 5.11. The predicted molar refractivity (Wildman–Crippen MR) is 80.7 cm³/mol. The molecule has 2 saturated carbocycles. The van der Waals surface area contributed by atoms with E-state index in [-0.39, 0.29) is 29.9 Å². The fourth-order valence-electron chi connectivity index (χ4n) is 3.58. The Morgan fingerprint density at radius 3 is 2.59 bits per heavy atom. The quantitative estimate of drug-likeness (QED) is 0.803. The molecular weight excluding hydrogens is 278 g/mol. The van der Waals surface area contributed by atoms with Crippen LogP contribution in [0.5, 0.6) is 0 Å². The third-order valence-electron chi connectivity index (χ3n) is 5.37. The topological polar surface area (TPSA) is 46.6 Å². The van der Waals surface area contributed by atoms with E-state index in [1.165, 1.54) is 0 Å². The molecule has 3 aliphatic rings. The van der Waals surface area contributed by atoms with E-state index in [0.29, 0.717) is 12.5 Å². The molecule has 1 atom stereocenters. The highest BCUT2D eigenvalue weighted by Gasteiger charge is 2.75. The van der Waals surface area contributed by atoms with E-state index >= 15 is 0 Å². The van der Waals surface area contributed by atoms with Crippen LogP contribution >= 0.6 is 0 Å². The summed E-state index contributed by atoms with van der Waals surface area (Å²) in [5.74, 6) is 0.577. The number of benzene rings is 1. The van der Waals surface area contributed by atoms with Crippen molar-refractivity contribution in [2.24, 2.45) is 11.3 Å². The summed E-state index contributed by atoms with van der Waals surface area (Å²) in [5.41, 5.74) is 0.919. The first-order valence-electron chi connectivity index (χ1n) is 8.22. The van der Waals surface area contributed by atoms with Gasteiger partial charge < -0.3 is 9.64 Å². The van der Waals surface area contributed by atoms with Crippen molar-refractivity contribution in [1.82, 2.24) is 4.90 Å². The van der Waals surface area contributed by atoms with Crippen molar-refractivity contribution in [2.75, 3.05) is 6.54 Å². The highest BCUT2D eigenvalue weighted by Crippen LogP contribution is 2.76. The Morgan fingerprint density at radius 2 is 1.91 bits per heavy atom. The lowest BCUT2D eigenvalue weighted by atomic mass is 10.00. The number of piperidine rings is 1. The van der Waals surface area contributed by atoms with Crippen LogP contribution in [-0.4, -0.2) is 29.4 Å². The largest absolute Gasteiger partial charge is 0.459 e. The van der Waals surface area contributed by atoms with E-state index in [0.717, 1.165) is 37.7 Å². The normalized spacial score (nSPS) is 32.1. The molecule has 1 unspecified atom stereocenters. The van der Waals surface area contributed by atoms with Crippen LogP contribution < -0.4 is 0 Å². The first-order chi connectivity index (χ1) is 10.7. The minimum Gasteiger partial charge on any atom is -0.459 e. The van der Waals surface area contributed by atoms with Crippen LogP contribution in [0.1, 0.15) is 37.7 Å². The van der Waals surface area contributed by atoms with E-state index < -0.39 is 0 Å². The molecule has 1 heterocycles. The Hall–Kier alpha value is -1.84. The maximum absolute atomic E-state index is 12.6. The Balaban J connectivity index is 1.40. The van der Waals surface area contributed by atoms with Crippen molar-refractivity contribution in [3.63, 3.8) is 0 Å². The molecule has 1 saturated heterocycles. The number of amides is 1. The van der Waals surface area contributed by atoms with Gasteiger partial charge in [0, 0.05) is 6.54 Å². The zero-order chi connectivity index (χ0) is 15.2. The molecule has 4 rings (SSSR count). The number of carbonyl (C=O) groups excluding carboxylic acids is 2. The minimum atomic E-state index is -0.374. The average molecular weight is 299 g/mol. The van der Waals surface area contributed by atoms with Crippen LogP contribution in [0.4, 0.5) is 0 Å². The predicted octanol–water partition coefficient (Wildman–Crippen LogP) is 2.52. The van der Waals surface area contributed by atoms with Gasteiger partial charge in [0.15, 0.2) is 0 Å². The maximum Gasteiger partial charge on any atom is 0.329 e. The van der Waals surface area contributed by atoms with E-state index in [9.17, 15) is 9.59 Å². The highest BCUT2D eigenvalue weighted by molar-refractivity contribution is 5.93. The number of hydrogen-bond donors (Lipinski definition) is 0. The molecule has 2 aliphatic carbocycles. The van der Waals surface area contributed by atoms with Crippen molar-refractivity contribution in [3.8, 4) is 0 Å². The summed E-state index contributed by atoms with van der Waals surface area (Å²) in [5, 5.41) is 0. The average Bonchev–Trinajstić information content (AvgIpc) is 3.43. The van der Waals surface area contributed by atoms with E-state index in [2.05, 4.69) is 0 Å². The summed E-state index contributed by atoms with van der Waals surface area (Å²) in [7, 11) is 0. The summed E-state index contributed by atoms with van der Waals surface area (Å²) in [6.45, 7) is 0.990. The molecule has 1 aromatic rings. The molecule has 0 aromatic heterocycles. The zero-order valence-electron chi connectivity index (χ0n) is 12.7. The molecule has 1 aliphatic heterocycles. The van der Waals surface area contributed by atoms with Crippen LogP contribution in [0.3, 0.4) is 0 Å². The zero-order valence-corrected chi connectivity index (χ0v) is 12.7. The van der Waals surface area contributed by atoms with Crippen molar-refractivity contribution >= 4 is 11.9 Å². The molecular formula is C18H21NO3. The number of ether oxygens (including phenoxy) is 1. The van der Waals surface area contributed by atoms with Crippen molar-refractivity contribution in [2.45, 2.75) is 44.8 Å². The Labute approximate surface area is 130 Å². The summed E-state index contributed by atoms with van der Waals surface area (Å²) in [6, 6.07) is 9.30. The number of nitrogens with zero attached hydrogens (tertiary/aromatic N) is 1. The second-order valence-corrected chi connectivity index (χ2v) is 6.86. The Bertz CT molecular complexity index is 592. The molecule has 0 N–H and O–H groups in total. The summed E-state index contributed by atoms with van der Waals surface area (Å²) < 4.78 is 5.46. The number of carbonyl (C=O) groups is 2. The number of esters is 1. The van der Waals surface area contributed by atoms with Crippen LogP contribution in [0, 0.1) is 11.3 Å². The van der Waals surface area contributed by atoms with Gasteiger partial charge in [-0.15, -0.1) is 0 Å². The lowest BCUT2D eigenvalue weighted by Gasteiger charge is -2.35. The number of likely N-dealkylation sites (tertiary alicyclic amines) is 1. The minimum absolute atomic E-state index is 0.0602. The molecule has 0 radical (unpaired) electrons. The number of rotatable bonds is 4. The van der Waals surface area contributed by atoms with Crippen LogP contribution in [-0.2, 0) is 20.9 Å². The summed E-state index contributed by atoms with van der Waals surface area (Å²) >= 11 is 0. The van der Waals surface area contributed by atoms with Gasteiger partial charge in [0.25, 0.3) is 0 Å². The van der Waals surface area contributed by atoms with Crippen molar-refractivity contribution < 1.29 is 14.3 Å². The summed E-state index contributed by atoms with van der Waals surface area (Å²) in [6.07, 6.45) is 4.79. The van der Waals surface area contributed by atoms with Gasteiger partial charge >= 0.3 is 5.97 Å². The molecule has 22 heavy (non-hydrogen) atoms. The standard InChI is InChI=1S/C18H21NO3/c20-16(22-12-13-6-2-1-3-7-13)15-8-4-5-9-19(15)17(21)18-10-14(18)11-18/h1-3,6-7,14-15H,4-5,8-12H2. The van der Waals surface area contributed by atoms with Gasteiger partial charge in [-0.1, -0.05) is 30.3 Å². The molecule has 3 fully saturated rings. The van der Waals surface area contributed by atoms with Crippen molar-refractivity contribution in [3.05, 3.63) is 35.9 Å². The van der Waals surface area contributed by atoms with E-state index in [1.807, 2.05) is 35.2 Å². The first kappa shape index (κ1) is 13.8. The molecule has 116 valence electrons. The molecule has 1 aromatic carbocycles. The third kappa shape index (κ3) is 2.31. The lowest BCUT2D eigenvalue weighted by molar-refractivity contribution is -0.159. The van der Waals surface area contributed by atoms with E-state index in [4.69, 9.17) is 4.74 Å². The van der Waals surface area contributed by atoms with Gasteiger partial charge in [-0.2, -0.15) is 0 Å². The number of fused-ring (bicyclic) bond motifs is 1. The van der Waals surface area contributed by atoms with Crippen LogP contribution in [0.2, 0.25) is 0 Å². The monoisotopic (exact) mass is 299 g/mol. The highest BCUT2D eigenvalue weighted by atomic mass is 16.5. The molecule has 1 amide bonds. The fraction of sp³-hybridized carbons (Fsp3) is 0.556. The van der Waals surface area contributed by atoms with Gasteiger partial charge in [-0.05, 0) is 43.6 Å². The van der Waals surface area contributed by atoms with Crippen LogP contribution in [0.25, 0.3) is 0 Å². The lowest BCUT2D eigenvalue weighted by Crippen LogP contribution is -2.50. The molecule has 4 nitrogen and oxygen atoms in total. The second-order valence-electron chi connectivity index (χ2n) is 6.86. The van der Waals surface area contributed by atoms with Gasteiger partial charge in [0.05, 0.1) is 5.41 Å². The molecule has 0 bridgehead atoms. The first-order valence-corrected chi connectivity index (χ1v) is 8.22. The SMILES string of the molecule is O=C(OCc1ccccc1)C1CCCCN1C(=O)C12CC1C2. The fourth-order valence-corrected chi connectivity index (χ4v) is 3.58. The third-order valence-corrected chi connectivity index (χ3v) is 5.37. The van der Waals surface area contributed by atoms with Gasteiger partial charge in [0.1, 0.15) is 12.6 Å². The van der Waals surface area contributed by atoms with E-state index in [1.54, 1.807) is 0 Å². The van der Waals surface area contributed by atoms with Crippen molar-refractivity contribution in [1.29, 1.82) is 0 Å². The smallest absolute Gasteiger partial charge is 0.329 e. The Kier molecular flexibility index (Phi) is 3.21. The summed E-state index contributed by atoms with van der Waals surface area (Å²) in [4.78, 5) is 26.9. The number of hydrogen-bond acceptors (Lipinski definition) is 3. The maximum atomic E-state index is 12.6. The van der Waals surface area contributed by atoms with Crippen LogP contribution in [0.15, 0.2) is 30.3 Å². The van der Waals surface area contributed by atoms with Gasteiger partial charge in [-0.25, -0.2) is 4.79 Å². The Morgan fingerprint density at radius 1 is 1.18 bits per heavy atom. The molecule has 4 heteroatoms.